The lowest BCUT2D eigenvalue weighted by atomic mass is 9.81. The SMILES string of the molecule is CC1(C)c2ccccc2-c2c1c1cccc(-c3ccc4ccc5cccc6ccc3c4c56)c1n2-c1cccc2oc3ccccc3c12. The van der Waals surface area contributed by atoms with E-state index >= 15 is 0 Å². The smallest absolute Gasteiger partial charge is 0.137 e. The van der Waals surface area contributed by atoms with Gasteiger partial charge in [-0.3, -0.25) is 0 Å². The first kappa shape index (κ1) is 25.3. The molecule has 47 heavy (non-hydrogen) atoms. The Balaban J connectivity index is 1.35. The van der Waals surface area contributed by atoms with E-state index in [0.29, 0.717) is 0 Å². The number of aromatic nitrogens is 1. The van der Waals surface area contributed by atoms with Gasteiger partial charge >= 0.3 is 0 Å². The minimum atomic E-state index is -0.164. The van der Waals surface area contributed by atoms with Crippen LogP contribution in [0.2, 0.25) is 0 Å². The van der Waals surface area contributed by atoms with Gasteiger partial charge in [-0.2, -0.15) is 0 Å². The van der Waals surface area contributed by atoms with Crippen molar-refractivity contribution >= 4 is 65.2 Å². The normalized spacial score (nSPS) is 13.9. The zero-order chi connectivity index (χ0) is 31.0. The Morgan fingerprint density at radius 1 is 0.468 bits per heavy atom. The van der Waals surface area contributed by atoms with E-state index in [1.807, 2.05) is 0 Å². The van der Waals surface area contributed by atoms with Gasteiger partial charge in [0.15, 0.2) is 0 Å². The Bertz CT molecular complexity index is 2920. The average molecular weight is 600 g/mol. The highest BCUT2D eigenvalue weighted by Crippen LogP contribution is 2.56. The van der Waals surface area contributed by atoms with Crippen LogP contribution in [0.25, 0.3) is 93.2 Å². The second kappa shape index (κ2) is 8.69. The van der Waals surface area contributed by atoms with Gasteiger partial charge in [-0.05, 0) is 67.2 Å². The summed E-state index contributed by atoms with van der Waals surface area (Å²) in [6.45, 7) is 4.77. The fraction of sp³-hybridized carbons (Fsp3) is 0.0667. The molecule has 2 heteroatoms. The van der Waals surface area contributed by atoms with Crippen LogP contribution in [0.4, 0.5) is 0 Å². The third kappa shape index (κ3) is 3.10. The second-order valence-corrected chi connectivity index (χ2v) is 13.6. The van der Waals surface area contributed by atoms with Crippen LogP contribution >= 0.6 is 0 Å². The molecule has 1 aliphatic carbocycles. The summed E-state index contributed by atoms with van der Waals surface area (Å²) >= 11 is 0. The number of rotatable bonds is 2. The van der Waals surface area contributed by atoms with Crippen molar-refractivity contribution in [2.75, 3.05) is 0 Å². The van der Waals surface area contributed by atoms with E-state index in [-0.39, 0.29) is 5.41 Å². The van der Waals surface area contributed by atoms with Gasteiger partial charge in [-0.1, -0.05) is 135 Å². The number of hydrogen-bond acceptors (Lipinski definition) is 1. The molecule has 2 heterocycles. The van der Waals surface area contributed by atoms with Crippen LogP contribution in [-0.2, 0) is 5.41 Å². The molecule has 0 fully saturated rings. The van der Waals surface area contributed by atoms with Gasteiger partial charge in [-0.15, -0.1) is 0 Å². The molecular weight excluding hydrogens is 571 g/mol. The number of hydrogen-bond donors (Lipinski definition) is 0. The van der Waals surface area contributed by atoms with Crippen molar-refractivity contribution in [2.45, 2.75) is 19.3 Å². The largest absolute Gasteiger partial charge is 0.456 e. The van der Waals surface area contributed by atoms with Crippen LogP contribution in [0.3, 0.4) is 0 Å². The van der Waals surface area contributed by atoms with E-state index in [1.165, 1.54) is 76.7 Å². The molecule has 0 bridgehead atoms. The predicted molar refractivity (Wildman–Crippen MR) is 197 cm³/mol. The third-order valence-corrected chi connectivity index (χ3v) is 10.9. The molecule has 0 radical (unpaired) electrons. The van der Waals surface area contributed by atoms with E-state index in [1.54, 1.807) is 0 Å². The highest BCUT2D eigenvalue weighted by molar-refractivity contribution is 6.26. The molecule has 0 spiro atoms. The molecule has 1 aliphatic rings. The summed E-state index contributed by atoms with van der Waals surface area (Å²) in [6.07, 6.45) is 0. The number of fused-ring (bicyclic) bond motifs is 8. The van der Waals surface area contributed by atoms with E-state index in [2.05, 4.69) is 158 Å². The van der Waals surface area contributed by atoms with Gasteiger partial charge in [0.25, 0.3) is 0 Å². The molecule has 0 amide bonds. The maximum atomic E-state index is 6.46. The number of nitrogens with zero attached hydrogens (tertiary/aromatic N) is 1. The summed E-state index contributed by atoms with van der Waals surface area (Å²) in [7, 11) is 0. The molecule has 11 rings (SSSR count). The van der Waals surface area contributed by atoms with Crippen LogP contribution in [-0.4, -0.2) is 4.57 Å². The van der Waals surface area contributed by atoms with Crippen molar-refractivity contribution in [3.63, 3.8) is 0 Å². The van der Waals surface area contributed by atoms with Gasteiger partial charge in [0.05, 0.1) is 22.3 Å². The van der Waals surface area contributed by atoms with Crippen molar-refractivity contribution in [1.82, 2.24) is 4.57 Å². The minimum Gasteiger partial charge on any atom is -0.456 e. The predicted octanol–water partition coefficient (Wildman–Crippen LogP) is 12.4. The molecule has 0 atom stereocenters. The van der Waals surface area contributed by atoms with Gasteiger partial charge in [0.1, 0.15) is 11.2 Å². The highest BCUT2D eigenvalue weighted by Gasteiger charge is 2.41. The number of para-hydroxylation sites is 2. The molecule has 0 unspecified atom stereocenters. The molecule has 8 aromatic carbocycles. The lowest BCUT2D eigenvalue weighted by Gasteiger charge is -2.22. The topological polar surface area (TPSA) is 18.1 Å². The zero-order valence-corrected chi connectivity index (χ0v) is 26.1. The number of benzene rings is 8. The van der Waals surface area contributed by atoms with Crippen LogP contribution in [0.5, 0.6) is 0 Å². The first-order valence-electron chi connectivity index (χ1n) is 16.4. The molecule has 2 aromatic heterocycles. The quantitative estimate of drug-likeness (QED) is 0.181. The van der Waals surface area contributed by atoms with E-state index in [4.69, 9.17) is 4.42 Å². The summed E-state index contributed by atoms with van der Waals surface area (Å²) in [5.74, 6) is 0. The summed E-state index contributed by atoms with van der Waals surface area (Å²) in [6, 6.07) is 51.3. The molecule has 0 N–H and O–H groups in total. The Hall–Kier alpha value is -5.86. The monoisotopic (exact) mass is 599 g/mol. The van der Waals surface area contributed by atoms with Gasteiger partial charge in [-0.25, -0.2) is 0 Å². The molecule has 0 saturated heterocycles. The van der Waals surface area contributed by atoms with Gasteiger partial charge < -0.3 is 8.98 Å². The van der Waals surface area contributed by atoms with Crippen molar-refractivity contribution in [1.29, 1.82) is 0 Å². The van der Waals surface area contributed by atoms with Crippen molar-refractivity contribution in [3.8, 4) is 28.1 Å². The summed E-state index contributed by atoms with van der Waals surface area (Å²) < 4.78 is 9.02. The van der Waals surface area contributed by atoms with E-state index in [9.17, 15) is 0 Å². The summed E-state index contributed by atoms with van der Waals surface area (Å²) in [5.41, 5.74) is 11.9. The summed E-state index contributed by atoms with van der Waals surface area (Å²) in [5, 5.41) is 11.4. The molecule has 2 nitrogen and oxygen atoms in total. The Kier molecular flexibility index (Phi) is 4.68. The highest BCUT2D eigenvalue weighted by atomic mass is 16.3. The Labute approximate surface area is 271 Å². The third-order valence-electron chi connectivity index (χ3n) is 10.9. The van der Waals surface area contributed by atoms with Crippen LogP contribution in [0, 0.1) is 0 Å². The van der Waals surface area contributed by atoms with Gasteiger partial charge in [0, 0.05) is 27.3 Å². The first-order chi connectivity index (χ1) is 23.1. The average Bonchev–Trinajstić information content (AvgIpc) is 3.74. The lowest BCUT2D eigenvalue weighted by molar-refractivity contribution is 0.666. The van der Waals surface area contributed by atoms with Gasteiger partial charge in [0.2, 0.25) is 0 Å². The second-order valence-electron chi connectivity index (χ2n) is 13.6. The van der Waals surface area contributed by atoms with Crippen LogP contribution in [0.1, 0.15) is 25.0 Å². The minimum absolute atomic E-state index is 0.164. The Morgan fingerprint density at radius 3 is 2.02 bits per heavy atom. The molecule has 0 aliphatic heterocycles. The fourth-order valence-corrected chi connectivity index (χ4v) is 8.97. The zero-order valence-electron chi connectivity index (χ0n) is 26.1. The van der Waals surface area contributed by atoms with Crippen LogP contribution < -0.4 is 0 Å². The van der Waals surface area contributed by atoms with E-state index < -0.39 is 0 Å². The van der Waals surface area contributed by atoms with Crippen molar-refractivity contribution < 1.29 is 4.42 Å². The molecule has 0 saturated carbocycles. The maximum absolute atomic E-state index is 6.46. The first-order valence-corrected chi connectivity index (χ1v) is 16.4. The van der Waals surface area contributed by atoms with Crippen molar-refractivity contribution in [2.24, 2.45) is 0 Å². The molecule has 220 valence electrons. The Morgan fingerprint density at radius 2 is 1.13 bits per heavy atom. The van der Waals surface area contributed by atoms with Crippen molar-refractivity contribution in [3.05, 3.63) is 151 Å². The molecule has 10 aromatic rings. The van der Waals surface area contributed by atoms with Crippen LogP contribution in [0.15, 0.2) is 144 Å². The lowest BCUT2D eigenvalue weighted by Crippen LogP contribution is -2.14. The fourth-order valence-electron chi connectivity index (χ4n) is 8.97. The molecular formula is C45H29NO. The van der Waals surface area contributed by atoms with E-state index in [0.717, 1.165) is 27.6 Å². The summed E-state index contributed by atoms with van der Waals surface area (Å²) in [4.78, 5) is 0. The maximum Gasteiger partial charge on any atom is 0.137 e. The number of furan rings is 1. The standard InChI is InChI=1S/C45H29NO/c1-45(2)35-16-5-3-12-32(35)44-42(45)34-15-8-14-31(29-24-22-28-21-20-26-10-7-11-27-23-25-30(29)40(28)39(26)27)43(34)46(44)36-17-9-19-38-41(36)33-13-4-6-18-37(33)47-38/h3-25H,1-2H3.